The van der Waals surface area contributed by atoms with E-state index in [-0.39, 0.29) is 0 Å². The number of nitrogens with one attached hydrogen (secondary N) is 1. The molecule has 0 amide bonds. The molecule has 0 unspecified atom stereocenters. The van der Waals surface area contributed by atoms with Gasteiger partial charge < -0.3 is 9.32 Å². The molecule has 25 heavy (non-hydrogen) atoms. The van der Waals surface area contributed by atoms with Gasteiger partial charge in [0.1, 0.15) is 11.5 Å². The van der Waals surface area contributed by atoms with Gasteiger partial charge in [-0.25, -0.2) is 0 Å². The maximum Gasteiger partial charge on any atom is 0.152 e. The van der Waals surface area contributed by atoms with Crippen LogP contribution >= 0.6 is 0 Å². The van der Waals surface area contributed by atoms with E-state index in [1.54, 1.807) is 6.20 Å². The van der Waals surface area contributed by atoms with Crippen molar-refractivity contribution in [3.05, 3.63) is 60.5 Å². The summed E-state index contributed by atoms with van der Waals surface area (Å²) in [5.41, 5.74) is 2.26. The second kappa shape index (κ2) is 7.15. The number of hydrogen-bond acceptors (Lipinski definition) is 4. The Morgan fingerprint density at radius 2 is 2.08 bits per heavy atom. The van der Waals surface area contributed by atoms with Crippen LogP contribution in [0.25, 0.3) is 11.5 Å². The van der Waals surface area contributed by atoms with E-state index in [2.05, 4.69) is 63.4 Å². The molecule has 1 saturated heterocycles. The van der Waals surface area contributed by atoms with Crippen molar-refractivity contribution in [2.24, 2.45) is 5.92 Å². The minimum Gasteiger partial charge on any atom is -0.458 e. The van der Waals surface area contributed by atoms with Crippen molar-refractivity contribution >= 4 is 5.69 Å². The van der Waals surface area contributed by atoms with Crippen LogP contribution in [0.15, 0.2) is 59.1 Å². The molecular weight excluding hydrogens is 312 g/mol. The van der Waals surface area contributed by atoms with Gasteiger partial charge in [0, 0.05) is 31.5 Å². The molecule has 0 saturated carbocycles. The third-order valence-corrected chi connectivity index (χ3v) is 4.83. The van der Waals surface area contributed by atoms with E-state index in [0.717, 1.165) is 43.4 Å². The number of H-pyrrole nitrogens is 1. The van der Waals surface area contributed by atoms with Crippen LogP contribution in [-0.4, -0.2) is 41.8 Å². The van der Waals surface area contributed by atoms with Gasteiger partial charge >= 0.3 is 0 Å². The largest absolute Gasteiger partial charge is 0.458 e. The summed E-state index contributed by atoms with van der Waals surface area (Å²) in [7, 11) is 2.17. The fraction of sp³-hybridized carbons (Fsp3) is 0.350. The Morgan fingerprint density at radius 3 is 2.88 bits per heavy atom. The normalized spacial score (nSPS) is 17.5. The summed E-state index contributed by atoms with van der Waals surface area (Å²) in [5, 5.41) is 6.91. The molecule has 1 aliphatic rings. The number of nitrogens with zero attached hydrogens (tertiary/aromatic N) is 3. The third kappa shape index (κ3) is 3.77. The van der Waals surface area contributed by atoms with Crippen LogP contribution < -0.4 is 4.90 Å². The quantitative estimate of drug-likeness (QED) is 0.747. The van der Waals surface area contributed by atoms with E-state index in [9.17, 15) is 0 Å². The number of anilines is 1. The van der Waals surface area contributed by atoms with Crippen LogP contribution in [0.1, 0.15) is 12.2 Å². The van der Waals surface area contributed by atoms with Gasteiger partial charge in [0.15, 0.2) is 5.76 Å². The molecule has 0 aliphatic carbocycles. The van der Waals surface area contributed by atoms with Crippen molar-refractivity contribution in [3.63, 3.8) is 0 Å². The van der Waals surface area contributed by atoms with Crippen LogP contribution in [-0.2, 0) is 6.54 Å². The van der Waals surface area contributed by atoms with Crippen LogP contribution in [0.4, 0.5) is 5.69 Å². The Morgan fingerprint density at radius 1 is 1.20 bits per heavy atom. The van der Waals surface area contributed by atoms with Gasteiger partial charge in [-0.2, -0.15) is 5.10 Å². The van der Waals surface area contributed by atoms with Crippen LogP contribution in [0.5, 0.6) is 0 Å². The fourth-order valence-corrected chi connectivity index (χ4v) is 3.63. The highest BCUT2D eigenvalue weighted by Gasteiger charge is 2.24. The maximum absolute atomic E-state index is 5.93. The Bertz CT molecular complexity index is 781. The van der Waals surface area contributed by atoms with E-state index >= 15 is 0 Å². The molecule has 3 heterocycles. The van der Waals surface area contributed by atoms with Crippen molar-refractivity contribution in [3.8, 4) is 11.5 Å². The molecule has 2 aromatic heterocycles. The first kappa shape index (κ1) is 16.0. The summed E-state index contributed by atoms with van der Waals surface area (Å²) in [4.78, 5) is 4.84. The Labute approximate surface area is 148 Å². The second-order valence-corrected chi connectivity index (χ2v) is 6.87. The minimum atomic E-state index is 0.701. The average Bonchev–Trinajstić information content (AvgIpc) is 3.37. The fourth-order valence-electron chi connectivity index (χ4n) is 3.63. The Hall–Kier alpha value is -2.53. The summed E-state index contributed by atoms with van der Waals surface area (Å²) in [6.07, 6.45) is 2.99. The molecule has 5 nitrogen and oxygen atoms in total. The molecule has 0 radical (unpaired) electrons. The summed E-state index contributed by atoms with van der Waals surface area (Å²) < 4.78 is 5.93. The highest BCUT2D eigenvalue weighted by molar-refractivity contribution is 5.51. The van der Waals surface area contributed by atoms with Gasteiger partial charge in [-0.15, -0.1) is 0 Å². The molecule has 1 atom stereocenters. The lowest BCUT2D eigenvalue weighted by molar-refractivity contribution is 0.259. The summed E-state index contributed by atoms with van der Waals surface area (Å²) >= 11 is 0. The van der Waals surface area contributed by atoms with Crippen LogP contribution in [0.2, 0.25) is 0 Å². The van der Waals surface area contributed by atoms with Crippen LogP contribution in [0.3, 0.4) is 0 Å². The monoisotopic (exact) mass is 336 g/mol. The molecule has 0 bridgehead atoms. The van der Waals surface area contributed by atoms with Crippen molar-refractivity contribution in [1.82, 2.24) is 15.1 Å². The predicted molar refractivity (Wildman–Crippen MR) is 99.4 cm³/mol. The maximum atomic E-state index is 5.93. The number of benzene rings is 1. The molecule has 4 rings (SSSR count). The number of rotatable bonds is 6. The number of furan rings is 1. The molecule has 1 aromatic carbocycles. The average molecular weight is 336 g/mol. The Kier molecular flexibility index (Phi) is 4.57. The third-order valence-electron chi connectivity index (χ3n) is 4.83. The first-order chi connectivity index (χ1) is 12.3. The molecule has 130 valence electrons. The number of hydrogen-bond donors (Lipinski definition) is 1. The molecule has 5 heteroatoms. The Balaban J connectivity index is 1.30. The smallest absolute Gasteiger partial charge is 0.152 e. The van der Waals surface area contributed by atoms with Crippen molar-refractivity contribution < 1.29 is 4.42 Å². The number of aromatic amines is 1. The lowest BCUT2D eigenvalue weighted by Crippen LogP contribution is -2.27. The zero-order valence-corrected chi connectivity index (χ0v) is 14.6. The van der Waals surface area contributed by atoms with Gasteiger partial charge in [-0.1, -0.05) is 18.2 Å². The lowest BCUT2D eigenvalue weighted by Gasteiger charge is -2.21. The molecule has 1 fully saturated rings. The number of para-hydroxylation sites is 1. The summed E-state index contributed by atoms with van der Waals surface area (Å²) in [6, 6.07) is 16.7. The molecule has 3 aromatic rings. The highest BCUT2D eigenvalue weighted by atomic mass is 16.3. The van der Waals surface area contributed by atoms with E-state index in [1.165, 1.54) is 12.1 Å². The van der Waals surface area contributed by atoms with E-state index in [0.29, 0.717) is 5.92 Å². The van der Waals surface area contributed by atoms with E-state index < -0.39 is 0 Å². The zero-order valence-electron chi connectivity index (χ0n) is 14.6. The topological polar surface area (TPSA) is 48.3 Å². The predicted octanol–water partition coefficient (Wildman–Crippen LogP) is 3.63. The molecule has 0 spiro atoms. The highest BCUT2D eigenvalue weighted by Crippen LogP contribution is 2.25. The van der Waals surface area contributed by atoms with Crippen LogP contribution in [0, 0.1) is 5.92 Å². The van der Waals surface area contributed by atoms with Crippen molar-refractivity contribution in [1.29, 1.82) is 0 Å². The van der Waals surface area contributed by atoms with E-state index in [1.807, 2.05) is 12.1 Å². The molecule has 1 N–H and O–H groups in total. The first-order valence-electron chi connectivity index (χ1n) is 8.85. The van der Waals surface area contributed by atoms with Gasteiger partial charge in [-0.05, 0) is 49.7 Å². The van der Waals surface area contributed by atoms with E-state index in [4.69, 9.17) is 4.42 Å². The number of aromatic nitrogens is 2. The summed E-state index contributed by atoms with van der Waals surface area (Å²) in [5.74, 6) is 2.54. The lowest BCUT2D eigenvalue weighted by atomic mass is 10.1. The molecular formula is C20H24N4O. The van der Waals surface area contributed by atoms with Gasteiger partial charge in [0.05, 0.1) is 6.54 Å². The second-order valence-electron chi connectivity index (χ2n) is 6.87. The van der Waals surface area contributed by atoms with Crippen molar-refractivity contribution in [2.45, 2.75) is 13.0 Å². The molecule has 1 aliphatic heterocycles. The first-order valence-corrected chi connectivity index (χ1v) is 8.85. The standard InChI is InChI=1S/C20H24N4O/c1-23(15-18-7-8-20(25-18)19-9-11-21-22-19)13-16-10-12-24(14-16)17-5-3-2-4-6-17/h2-9,11,16H,10,12-15H2,1H3,(H,21,22)/t16-/m1/s1. The van der Waals surface area contributed by atoms with Gasteiger partial charge in [0.25, 0.3) is 0 Å². The zero-order chi connectivity index (χ0) is 17.1. The van der Waals surface area contributed by atoms with Crippen molar-refractivity contribution in [2.75, 3.05) is 31.6 Å². The van der Waals surface area contributed by atoms with Gasteiger partial charge in [0.2, 0.25) is 0 Å². The summed E-state index contributed by atoms with van der Waals surface area (Å²) in [6.45, 7) is 4.19. The SMILES string of the molecule is CN(Cc1ccc(-c2ccn[nH]2)o1)C[C@H]1CCN(c2ccccc2)C1. The van der Waals surface area contributed by atoms with Gasteiger partial charge in [-0.3, -0.25) is 10.00 Å². The minimum absolute atomic E-state index is 0.701.